The van der Waals surface area contributed by atoms with Gasteiger partial charge in [0.1, 0.15) is 12.1 Å². The smallest absolute Gasteiger partial charge is 0.239 e. The molecule has 1 aliphatic heterocycles. The normalized spacial score (nSPS) is 15.9. The van der Waals surface area contributed by atoms with E-state index < -0.39 is 6.04 Å². The zero-order valence-corrected chi connectivity index (χ0v) is 15.3. The minimum absolute atomic E-state index is 0.00714. The Hall–Kier alpha value is -3.00. The van der Waals surface area contributed by atoms with Crippen molar-refractivity contribution in [3.8, 4) is 0 Å². The molecular weight excluding hydrogens is 342 g/mol. The number of carbonyl (C=O) groups is 1. The van der Waals surface area contributed by atoms with Crippen LogP contribution in [0.3, 0.4) is 0 Å². The molecule has 1 unspecified atom stereocenters. The molecule has 0 spiro atoms. The van der Waals surface area contributed by atoms with E-state index in [1.165, 1.54) is 0 Å². The van der Waals surface area contributed by atoms with Crippen LogP contribution in [0, 0.1) is 0 Å². The standard InChI is InChI=1S/C19H23N7O/c1-24-17-15(12-23-24)18(22-13-21-17)25-7-9-26(10-8-25)19(27)16(20)11-14-5-3-2-4-6-14/h2-6,12-13,16H,7-11,20H2,1H3. The third-order valence-electron chi connectivity index (χ3n) is 5.01. The van der Waals surface area contributed by atoms with Gasteiger partial charge in [0.25, 0.3) is 0 Å². The van der Waals surface area contributed by atoms with Crippen molar-refractivity contribution in [3.05, 3.63) is 48.4 Å². The lowest BCUT2D eigenvalue weighted by Crippen LogP contribution is -2.53. The molecule has 1 atom stereocenters. The Labute approximate surface area is 157 Å². The number of nitrogens with two attached hydrogens (primary N) is 1. The maximum Gasteiger partial charge on any atom is 0.239 e. The Kier molecular flexibility index (Phi) is 4.72. The summed E-state index contributed by atoms with van der Waals surface area (Å²) in [5.74, 6) is 0.876. The van der Waals surface area contributed by atoms with E-state index in [2.05, 4.69) is 20.0 Å². The number of carbonyl (C=O) groups excluding carboxylic acids is 1. The molecular formula is C19H23N7O. The van der Waals surface area contributed by atoms with Crippen molar-refractivity contribution in [1.29, 1.82) is 0 Å². The van der Waals surface area contributed by atoms with E-state index in [-0.39, 0.29) is 5.91 Å². The van der Waals surface area contributed by atoms with E-state index in [4.69, 9.17) is 5.73 Å². The van der Waals surface area contributed by atoms with E-state index in [1.807, 2.05) is 42.3 Å². The monoisotopic (exact) mass is 365 g/mol. The SMILES string of the molecule is Cn1ncc2c(N3CCN(C(=O)C(N)Cc4ccccc4)CC3)ncnc21. The summed E-state index contributed by atoms with van der Waals surface area (Å²) in [6.07, 6.45) is 3.91. The van der Waals surface area contributed by atoms with Crippen molar-refractivity contribution in [2.45, 2.75) is 12.5 Å². The summed E-state index contributed by atoms with van der Waals surface area (Å²) in [5, 5.41) is 5.19. The Morgan fingerprint density at radius 1 is 1.15 bits per heavy atom. The molecule has 8 nitrogen and oxygen atoms in total. The van der Waals surface area contributed by atoms with Gasteiger partial charge in [-0.25, -0.2) is 9.97 Å². The number of fused-ring (bicyclic) bond motifs is 1. The molecule has 3 heterocycles. The van der Waals surface area contributed by atoms with Crippen LogP contribution >= 0.6 is 0 Å². The predicted octanol–water partition coefficient (Wildman–Crippen LogP) is 0.582. The molecule has 1 amide bonds. The lowest BCUT2D eigenvalue weighted by Gasteiger charge is -2.36. The van der Waals surface area contributed by atoms with Gasteiger partial charge in [0.15, 0.2) is 5.65 Å². The molecule has 1 aliphatic rings. The van der Waals surface area contributed by atoms with Crippen molar-refractivity contribution >= 4 is 22.8 Å². The number of rotatable bonds is 4. The van der Waals surface area contributed by atoms with Crippen LogP contribution in [-0.2, 0) is 18.3 Å². The van der Waals surface area contributed by atoms with Gasteiger partial charge in [-0.3, -0.25) is 9.48 Å². The summed E-state index contributed by atoms with van der Waals surface area (Å²) in [6.45, 7) is 2.69. The van der Waals surface area contributed by atoms with Crippen molar-refractivity contribution in [2.75, 3.05) is 31.1 Å². The van der Waals surface area contributed by atoms with E-state index in [9.17, 15) is 4.79 Å². The summed E-state index contributed by atoms with van der Waals surface area (Å²) in [4.78, 5) is 25.5. The quantitative estimate of drug-likeness (QED) is 0.727. The third kappa shape index (κ3) is 3.48. The van der Waals surface area contributed by atoms with E-state index >= 15 is 0 Å². The topological polar surface area (TPSA) is 93.2 Å². The summed E-state index contributed by atoms with van der Waals surface area (Å²) in [6, 6.07) is 9.38. The second-order valence-corrected chi connectivity index (χ2v) is 6.81. The van der Waals surface area contributed by atoms with Crippen molar-refractivity contribution in [1.82, 2.24) is 24.6 Å². The number of benzene rings is 1. The molecule has 0 radical (unpaired) electrons. The highest BCUT2D eigenvalue weighted by atomic mass is 16.2. The van der Waals surface area contributed by atoms with Crippen molar-refractivity contribution < 1.29 is 4.79 Å². The lowest BCUT2D eigenvalue weighted by molar-refractivity contribution is -0.132. The number of aromatic nitrogens is 4. The molecule has 140 valence electrons. The molecule has 0 aliphatic carbocycles. The maximum absolute atomic E-state index is 12.7. The molecule has 1 aromatic carbocycles. The number of aryl methyl sites for hydroxylation is 1. The summed E-state index contributed by atoms with van der Waals surface area (Å²) >= 11 is 0. The molecule has 0 saturated carbocycles. The van der Waals surface area contributed by atoms with Crippen LogP contribution in [0.1, 0.15) is 5.56 Å². The molecule has 4 rings (SSSR count). The van der Waals surface area contributed by atoms with Crippen LogP contribution in [0.5, 0.6) is 0 Å². The maximum atomic E-state index is 12.7. The Balaban J connectivity index is 1.40. The highest BCUT2D eigenvalue weighted by Gasteiger charge is 2.27. The number of anilines is 1. The number of amides is 1. The van der Waals surface area contributed by atoms with Crippen LogP contribution in [0.25, 0.3) is 11.0 Å². The van der Waals surface area contributed by atoms with Gasteiger partial charge in [0.2, 0.25) is 5.91 Å². The molecule has 27 heavy (non-hydrogen) atoms. The van der Waals surface area contributed by atoms with Crippen LogP contribution in [0.4, 0.5) is 5.82 Å². The lowest BCUT2D eigenvalue weighted by atomic mass is 10.1. The summed E-state index contributed by atoms with van der Waals surface area (Å²) < 4.78 is 1.74. The molecule has 1 fully saturated rings. The van der Waals surface area contributed by atoms with Gasteiger partial charge in [-0.2, -0.15) is 5.10 Å². The van der Waals surface area contributed by atoms with Gasteiger partial charge in [0.05, 0.1) is 17.6 Å². The average Bonchev–Trinajstić information content (AvgIpc) is 3.09. The average molecular weight is 365 g/mol. The van der Waals surface area contributed by atoms with Gasteiger partial charge >= 0.3 is 0 Å². The van der Waals surface area contributed by atoms with Gasteiger partial charge < -0.3 is 15.5 Å². The molecule has 8 heteroatoms. The van der Waals surface area contributed by atoms with E-state index in [0.717, 1.165) is 22.4 Å². The second kappa shape index (κ2) is 7.32. The third-order valence-corrected chi connectivity index (χ3v) is 5.01. The first-order valence-corrected chi connectivity index (χ1v) is 9.09. The zero-order chi connectivity index (χ0) is 18.8. The minimum atomic E-state index is -0.511. The Morgan fingerprint density at radius 2 is 1.89 bits per heavy atom. The fourth-order valence-electron chi connectivity index (χ4n) is 3.53. The fraction of sp³-hybridized carbons (Fsp3) is 0.368. The van der Waals surface area contributed by atoms with Crippen LogP contribution in [0.15, 0.2) is 42.9 Å². The first-order chi connectivity index (χ1) is 13.1. The highest BCUT2D eigenvalue weighted by molar-refractivity contribution is 5.87. The molecule has 1 saturated heterocycles. The summed E-state index contributed by atoms with van der Waals surface area (Å²) in [7, 11) is 1.86. The largest absolute Gasteiger partial charge is 0.352 e. The minimum Gasteiger partial charge on any atom is -0.352 e. The molecule has 0 bridgehead atoms. The van der Waals surface area contributed by atoms with Crippen LogP contribution in [-0.4, -0.2) is 62.8 Å². The zero-order valence-electron chi connectivity index (χ0n) is 15.3. The molecule has 2 N–H and O–H groups in total. The molecule has 3 aromatic rings. The fourth-order valence-corrected chi connectivity index (χ4v) is 3.53. The van der Waals surface area contributed by atoms with Gasteiger partial charge in [-0.15, -0.1) is 0 Å². The van der Waals surface area contributed by atoms with Gasteiger partial charge in [0, 0.05) is 33.2 Å². The number of piperazine rings is 1. The summed E-state index contributed by atoms with van der Waals surface area (Å²) in [5.41, 5.74) is 8.06. The highest BCUT2D eigenvalue weighted by Crippen LogP contribution is 2.23. The first kappa shape index (κ1) is 17.4. The van der Waals surface area contributed by atoms with Crippen molar-refractivity contribution in [2.24, 2.45) is 12.8 Å². The number of hydrogen-bond donors (Lipinski definition) is 1. The number of nitrogens with zero attached hydrogens (tertiary/aromatic N) is 6. The number of hydrogen-bond acceptors (Lipinski definition) is 6. The first-order valence-electron chi connectivity index (χ1n) is 9.09. The van der Waals surface area contributed by atoms with Gasteiger partial charge in [-0.05, 0) is 12.0 Å². The second-order valence-electron chi connectivity index (χ2n) is 6.81. The van der Waals surface area contributed by atoms with Crippen LogP contribution < -0.4 is 10.6 Å². The Morgan fingerprint density at radius 3 is 2.63 bits per heavy atom. The van der Waals surface area contributed by atoms with Gasteiger partial charge in [-0.1, -0.05) is 30.3 Å². The molecule has 2 aromatic heterocycles. The van der Waals surface area contributed by atoms with E-state index in [0.29, 0.717) is 32.6 Å². The Bertz CT molecular complexity index is 932. The predicted molar refractivity (Wildman–Crippen MR) is 103 cm³/mol. The van der Waals surface area contributed by atoms with Crippen molar-refractivity contribution in [3.63, 3.8) is 0 Å². The van der Waals surface area contributed by atoms with Crippen LogP contribution in [0.2, 0.25) is 0 Å². The van der Waals surface area contributed by atoms with E-state index in [1.54, 1.807) is 17.2 Å².